The summed E-state index contributed by atoms with van der Waals surface area (Å²) in [4.78, 5) is 1.78. The van der Waals surface area contributed by atoms with Gasteiger partial charge in [-0.3, -0.25) is 0 Å². The maximum Gasteiger partial charge on any atom is 0.126 e. The second-order valence-corrected chi connectivity index (χ2v) is 7.47. The molecule has 0 fully saturated rings. The summed E-state index contributed by atoms with van der Waals surface area (Å²) in [5.74, 6) is -1.22. The molecule has 2 N–H and O–H groups in total. The first-order valence-corrected chi connectivity index (χ1v) is 9.35. The van der Waals surface area contributed by atoms with Crippen molar-refractivity contribution in [3.05, 3.63) is 89.6 Å². The van der Waals surface area contributed by atoms with E-state index in [9.17, 15) is 14.0 Å². The van der Waals surface area contributed by atoms with Crippen LogP contribution < -0.4 is 5.73 Å². The number of nitrogens with two attached hydrogens (primary N) is 1. The number of rotatable bonds is 4. The van der Waals surface area contributed by atoms with Crippen molar-refractivity contribution in [3.63, 3.8) is 0 Å². The van der Waals surface area contributed by atoms with Crippen molar-refractivity contribution in [2.24, 2.45) is 0 Å². The highest BCUT2D eigenvalue weighted by molar-refractivity contribution is 7.99. The Labute approximate surface area is 165 Å². The Kier molecular flexibility index (Phi) is 4.76. The number of anilines is 1. The molecule has 0 aliphatic carbocycles. The highest BCUT2D eigenvalue weighted by Gasteiger charge is 2.13. The van der Waals surface area contributed by atoms with Gasteiger partial charge in [0.25, 0.3) is 0 Å². The molecule has 0 atom stereocenters. The van der Waals surface area contributed by atoms with Crippen molar-refractivity contribution in [1.82, 2.24) is 4.57 Å². The van der Waals surface area contributed by atoms with Crippen molar-refractivity contribution in [1.29, 1.82) is 5.26 Å². The molecule has 3 nitrogen and oxygen atoms in total. The van der Waals surface area contributed by atoms with Gasteiger partial charge in [0.1, 0.15) is 17.7 Å². The molecule has 0 radical (unpaired) electrons. The predicted molar refractivity (Wildman–Crippen MR) is 107 cm³/mol. The zero-order valence-corrected chi connectivity index (χ0v) is 15.5. The van der Waals surface area contributed by atoms with Crippen molar-refractivity contribution in [3.8, 4) is 6.07 Å². The zero-order chi connectivity index (χ0) is 19.7. The van der Waals surface area contributed by atoms with Gasteiger partial charge in [0.05, 0.1) is 11.1 Å². The van der Waals surface area contributed by atoms with Crippen LogP contribution in [0.15, 0.2) is 76.7 Å². The molecule has 28 heavy (non-hydrogen) atoms. The van der Waals surface area contributed by atoms with E-state index in [0.717, 1.165) is 26.8 Å². The maximum atomic E-state index is 13.6. The van der Waals surface area contributed by atoms with E-state index in [2.05, 4.69) is 6.07 Å². The quantitative estimate of drug-likeness (QED) is 0.463. The Morgan fingerprint density at radius 3 is 2.46 bits per heavy atom. The summed E-state index contributed by atoms with van der Waals surface area (Å²) in [7, 11) is 0. The molecular weight excluding hydrogens is 376 g/mol. The van der Waals surface area contributed by atoms with Gasteiger partial charge in [0.15, 0.2) is 0 Å². The highest BCUT2D eigenvalue weighted by atomic mass is 32.2. The molecule has 0 aliphatic rings. The summed E-state index contributed by atoms with van der Waals surface area (Å²) in [6.45, 7) is 0.301. The van der Waals surface area contributed by atoms with Crippen molar-refractivity contribution in [2.75, 3.05) is 5.73 Å². The van der Waals surface area contributed by atoms with Gasteiger partial charge in [-0.1, -0.05) is 23.9 Å². The third-order valence-electron chi connectivity index (χ3n) is 4.37. The minimum atomic E-state index is -0.608. The summed E-state index contributed by atoms with van der Waals surface area (Å²) in [6, 6.07) is 18.6. The van der Waals surface area contributed by atoms with Gasteiger partial charge in [0.2, 0.25) is 0 Å². The molecule has 138 valence electrons. The fourth-order valence-electron chi connectivity index (χ4n) is 3.15. The molecule has 3 aromatic carbocycles. The molecule has 1 aromatic heterocycles. The predicted octanol–water partition coefficient (Wildman–Crippen LogP) is 5.57. The van der Waals surface area contributed by atoms with Crippen LogP contribution in [0.1, 0.15) is 11.1 Å². The van der Waals surface area contributed by atoms with E-state index in [1.807, 2.05) is 47.2 Å². The van der Waals surface area contributed by atoms with E-state index >= 15 is 0 Å². The number of nitrogens with zero attached hydrogens (tertiary/aromatic N) is 2. The molecule has 0 amide bonds. The van der Waals surface area contributed by atoms with Crippen molar-refractivity contribution in [2.45, 2.75) is 16.3 Å². The average molecular weight is 391 g/mol. The smallest absolute Gasteiger partial charge is 0.126 e. The molecule has 6 heteroatoms. The van der Waals surface area contributed by atoms with Gasteiger partial charge in [-0.15, -0.1) is 0 Å². The minimum absolute atomic E-state index is 0.301. The summed E-state index contributed by atoms with van der Waals surface area (Å²) >= 11 is 1.48. The lowest BCUT2D eigenvalue weighted by Crippen LogP contribution is -1.99. The fourth-order valence-corrected chi connectivity index (χ4v) is 4.22. The highest BCUT2D eigenvalue weighted by Crippen LogP contribution is 2.37. The molecule has 0 spiro atoms. The monoisotopic (exact) mass is 391 g/mol. The normalized spacial score (nSPS) is 10.9. The fraction of sp³-hybridized carbons (Fsp3) is 0.0455. The Hall–Kier alpha value is -3.30. The minimum Gasteiger partial charge on any atom is -0.399 e. The van der Waals surface area contributed by atoms with E-state index in [4.69, 9.17) is 5.73 Å². The van der Waals surface area contributed by atoms with Gasteiger partial charge in [0, 0.05) is 39.7 Å². The van der Waals surface area contributed by atoms with E-state index in [1.165, 1.54) is 23.9 Å². The molecular formula is C22H15F2N3S. The van der Waals surface area contributed by atoms with Gasteiger partial charge in [-0.05, 0) is 48.0 Å². The third kappa shape index (κ3) is 3.57. The lowest BCUT2D eigenvalue weighted by Gasteiger charge is -2.06. The summed E-state index contributed by atoms with van der Waals surface area (Å²) in [6.07, 6.45) is 1.92. The van der Waals surface area contributed by atoms with Gasteiger partial charge < -0.3 is 10.3 Å². The second kappa shape index (κ2) is 7.37. The molecule has 0 unspecified atom stereocenters. The number of fused-ring (bicyclic) bond motifs is 1. The first kappa shape index (κ1) is 18.1. The van der Waals surface area contributed by atoms with E-state index in [0.29, 0.717) is 23.4 Å². The Balaban J connectivity index is 1.79. The summed E-state index contributed by atoms with van der Waals surface area (Å²) in [5, 5.41) is 10.3. The number of hydrogen-bond acceptors (Lipinski definition) is 3. The third-order valence-corrected chi connectivity index (χ3v) is 5.49. The van der Waals surface area contributed by atoms with Crippen LogP contribution in [-0.2, 0) is 6.54 Å². The Bertz CT molecular complexity index is 1200. The number of benzene rings is 3. The average Bonchev–Trinajstić information content (AvgIpc) is 2.98. The van der Waals surface area contributed by atoms with Gasteiger partial charge in [-0.2, -0.15) is 5.26 Å². The van der Waals surface area contributed by atoms with Crippen molar-refractivity contribution >= 4 is 28.4 Å². The lowest BCUT2D eigenvalue weighted by atomic mass is 10.2. The Morgan fingerprint density at radius 1 is 0.964 bits per heavy atom. The topological polar surface area (TPSA) is 54.7 Å². The SMILES string of the molecule is N#Cc1ccccc1Sc1cn(Cc2cc(F)cc(F)c2)c2cc(N)ccc12. The molecule has 4 rings (SSSR count). The molecule has 0 saturated heterocycles. The summed E-state index contributed by atoms with van der Waals surface area (Å²) in [5.41, 5.74) is 8.54. The van der Waals surface area contributed by atoms with Crippen LogP contribution in [0, 0.1) is 23.0 Å². The number of halogens is 2. The largest absolute Gasteiger partial charge is 0.399 e. The molecule has 0 aliphatic heterocycles. The second-order valence-electron chi connectivity index (χ2n) is 6.39. The van der Waals surface area contributed by atoms with Crippen LogP contribution in [0.5, 0.6) is 0 Å². The maximum absolute atomic E-state index is 13.6. The number of nitrogen functional groups attached to an aromatic ring is 1. The van der Waals surface area contributed by atoms with E-state index < -0.39 is 11.6 Å². The number of hydrogen-bond donors (Lipinski definition) is 1. The first-order chi connectivity index (χ1) is 13.5. The summed E-state index contributed by atoms with van der Waals surface area (Å²) < 4.78 is 29.1. The van der Waals surface area contributed by atoms with Crippen LogP contribution in [0.2, 0.25) is 0 Å². The molecule has 4 aromatic rings. The standard InChI is InChI=1S/C22H15F2N3S/c23-16-7-14(8-17(24)9-16)12-27-13-22(19-6-5-18(26)10-20(19)27)28-21-4-2-1-3-15(21)11-25/h1-10,13H,12,26H2. The van der Waals surface area contributed by atoms with Gasteiger partial charge in [-0.25, -0.2) is 8.78 Å². The molecule has 0 saturated carbocycles. The van der Waals surface area contributed by atoms with Crippen LogP contribution in [0.4, 0.5) is 14.5 Å². The molecule has 1 heterocycles. The van der Waals surface area contributed by atoms with Crippen LogP contribution in [0.25, 0.3) is 10.9 Å². The van der Waals surface area contributed by atoms with Crippen LogP contribution >= 0.6 is 11.8 Å². The van der Waals surface area contributed by atoms with E-state index in [1.54, 1.807) is 6.07 Å². The van der Waals surface area contributed by atoms with E-state index in [-0.39, 0.29) is 0 Å². The first-order valence-electron chi connectivity index (χ1n) is 8.54. The number of nitriles is 1. The van der Waals surface area contributed by atoms with Crippen LogP contribution in [0.3, 0.4) is 0 Å². The van der Waals surface area contributed by atoms with Crippen molar-refractivity contribution < 1.29 is 8.78 Å². The molecule has 0 bridgehead atoms. The van der Waals surface area contributed by atoms with Gasteiger partial charge >= 0.3 is 0 Å². The Morgan fingerprint density at radius 2 is 1.71 bits per heavy atom. The zero-order valence-electron chi connectivity index (χ0n) is 14.7. The van der Waals surface area contributed by atoms with Crippen LogP contribution in [-0.4, -0.2) is 4.57 Å². The lowest BCUT2D eigenvalue weighted by molar-refractivity contribution is 0.578. The number of aromatic nitrogens is 1.